The summed E-state index contributed by atoms with van der Waals surface area (Å²) in [6.07, 6.45) is -1.15. The molecule has 2 aromatic carbocycles. The van der Waals surface area contributed by atoms with Crippen LogP contribution in [0.3, 0.4) is 0 Å². The van der Waals surface area contributed by atoms with Gasteiger partial charge in [0.15, 0.2) is 0 Å². The van der Waals surface area contributed by atoms with Gasteiger partial charge in [-0.3, -0.25) is 4.79 Å². The van der Waals surface area contributed by atoms with Gasteiger partial charge in [0.1, 0.15) is 5.58 Å². The molecule has 1 heterocycles. The van der Waals surface area contributed by atoms with Gasteiger partial charge in [-0.2, -0.15) is 0 Å². The number of hydrogen-bond donors (Lipinski definition) is 1. The number of ether oxygens (including phenoxy) is 1. The number of furan rings is 1. The van der Waals surface area contributed by atoms with E-state index in [9.17, 15) is 9.59 Å². The van der Waals surface area contributed by atoms with Gasteiger partial charge < -0.3 is 14.9 Å². The molecule has 1 aromatic heterocycles. The summed E-state index contributed by atoms with van der Waals surface area (Å²) in [5, 5.41) is 0.782. The van der Waals surface area contributed by atoms with Gasteiger partial charge in [0.25, 0.3) is 5.91 Å². The SMILES string of the molecule is NC(=O)C(OC(=O)c1cc2ccccc2o1)c1ccccc1. The zero-order valence-corrected chi connectivity index (χ0v) is 11.6. The molecule has 0 saturated carbocycles. The third-order valence-electron chi connectivity index (χ3n) is 3.21. The van der Waals surface area contributed by atoms with Crippen LogP contribution < -0.4 is 5.73 Å². The summed E-state index contributed by atoms with van der Waals surface area (Å²) in [6, 6.07) is 17.4. The summed E-state index contributed by atoms with van der Waals surface area (Å²) in [5.74, 6) is -1.44. The van der Waals surface area contributed by atoms with E-state index in [1.165, 1.54) is 0 Å². The first-order valence-corrected chi connectivity index (χ1v) is 6.69. The Labute approximate surface area is 126 Å². The summed E-state index contributed by atoms with van der Waals surface area (Å²) < 4.78 is 10.6. The van der Waals surface area contributed by atoms with Crippen molar-refractivity contribution < 1.29 is 18.7 Å². The summed E-state index contributed by atoms with van der Waals surface area (Å²) in [7, 11) is 0. The van der Waals surface area contributed by atoms with E-state index >= 15 is 0 Å². The minimum atomic E-state index is -1.15. The lowest BCUT2D eigenvalue weighted by molar-refractivity contribution is -0.127. The molecule has 1 unspecified atom stereocenters. The van der Waals surface area contributed by atoms with Crippen LogP contribution in [-0.4, -0.2) is 11.9 Å². The molecule has 1 atom stereocenters. The standard InChI is InChI=1S/C17H13NO4/c18-16(19)15(11-6-2-1-3-7-11)22-17(20)14-10-12-8-4-5-9-13(12)21-14/h1-10,15H,(H2,18,19). The van der Waals surface area contributed by atoms with E-state index in [1.54, 1.807) is 48.5 Å². The monoisotopic (exact) mass is 295 g/mol. The highest BCUT2D eigenvalue weighted by Crippen LogP contribution is 2.23. The van der Waals surface area contributed by atoms with Crippen molar-refractivity contribution in [3.05, 3.63) is 72.0 Å². The Hall–Kier alpha value is -3.08. The van der Waals surface area contributed by atoms with Crippen molar-refractivity contribution >= 4 is 22.8 Å². The molecule has 0 aliphatic carbocycles. The third-order valence-corrected chi connectivity index (χ3v) is 3.21. The molecule has 5 heteroatoms. The minimum absolute atomic E-state index is 0.0309. The molecule has 110 valence electrons. The number of primary amides is 1. The van der Waals surface area contributed by atoms with Gasteiger partial charge >= 0.3 is 5.97 Å². The van der Waals surface area contributed by atoms with Crippen molar-refractivity contribution in [2.45, 2.75) is 6.10 Å². The van der Waals surface area contributed by atoms with Gasteiger partial charge in [-0.1, -0.05) is 48.5 Å². The average molecular weight is 295 g/mol. The first kappa shape index (κ1) is 13.9. The maximum Gasteiger partial charge on any atom is 0.375 e. The fraction of sp³-hybridized carbons (Fsp3) is 0.0588. The highest BCUT2D eigenvalue weighted by molar-refractivity contribution is 5.94. The summed E-state index contributed by atoms with van der Waals surface area (Å²) in [4.78, 5) is 23.7. The van der Waals surface area contributed by atoms with Crippen LogP contribution in [0.15, 0.2) is 65.1 Å². The van der Waals surface area contributed by atoms with Crippen molar-refractivity contribution in [2.24, 2.45) is 5.73 Å². The van der Waals surface area contributed by atoms with Crippen molar-refractivity contribution in [1.29, 1.82) is 0 Å². The number of rotatable bonds is 4. The van der Waals surface area contributed by atoms with Crippen LogP contribution in [0, 0.1) is 0 Å². The molecule has 22 heavy (non-hydrogen) atoms. The molecule has 3 rings (SSSR count). The smallest absolute Gasteiger partial charge is 0.375 e. The van der Waals surface area contributed by atoms with Crippen LogP contribution in [0.4, 0.5) is 0 Å². The predicted octanol–water partition coefficient (Wildman–Crippen LogP) is 2.82. The first-order chi connectivity index (χ1) is 10.6. The maximum absolute atomic E-state index is 12.2. The topological polar surface area (TPSA) is 82.5 Å². The van der Waals surface area contributed by atoms with Gasteiger partial charge in [0.05, 0.1) is 0 Å². The Morgan fingerprint density at radius 3 is 2.36 bits per heavy atom. The quantitative estimate of drug-likeness (QED) is 0.750. The zero-order valence-electron chi connectivity index (χ0n) is 11.6. The van der Waals surface area contributed by atoms with Gasteiger partial charge in [-0.05, 0) is 12.1 Å². The van der Waals surface area contributed by atoms with E-state index in [1.807, 2.05) is 12.1 Å². The summed E-state index contributed by atoms with van der Waals surface area (Å²) in [5.41, 5.74) is 6.41. The maximum atomic E-state index is 12.2. The lowest BCUT2D eigenvalue weighted by Crippen LogP contribution is -2.26. The van der Waals surface area contributed by atoms with Crippen molar-refractivity contribution in [1.82, 2.24) is 0 Å². The van der Waals surface area contributed by atoms with Crippen molar-refractivity contribution in [3.8, 4) is 0 Å². The molecule has 0 bridgehead atoms. The molecular weight excluding hydrogens is 282 g/mol. The predicted molar refractivity (Wildman–Crippen MR) is 80.0 cm³/mol. The number of fused-ring (bicyclic) bond motifs is 1. The molecule has 0 radical (unpaired) electrons. The minimum Gasteiger partial charge on any atom is -0.449 e. The van der Waals surface area contributed by atoms with E-state index < -0.39 is 18.0 Å². The number of benzene rings is 2. The van der Waals surface area contributed by atoms with Crippen LogP contribution in [0.25, 0.3) is 11.0 Å². The first-order valence-electron chi connectivity index (χ1n) is 6.69. The summed E-state index contributed by atoms with van der Waals surface area (Å²) >= 11 is 0. The molecule has 0 spiro atoms. The molecule has 5 nitrogen and oxygen atoms in total. The largest absolute Gasteiger partial charge is 0.449 e. The lowest BCUT2D eigenvalue weighted by Gasteiger charge is -2.13. The third kappa shape index (κ3) is 2.69. The Bertz CT molecular complexity index is 790. The molecule has 0 saturated heterocycles. The second-order valence-corrected chi connectivity index (χ2v) is 4.75. The average Bonchev–Trinajstić information content (AvgIpc) is 2.97. The van der Waals surface area contributed by atoms with Gasteiger partial charge in [-0.25, -0.2) is 4.79 Å². The molecule has 0 fully saturated rings. The van der Waals surface area contributed by atoms with Crippen LogP contribution in [0.5, 0.6) is 0 Å². The van der Waals surface area contributed by atoms with Crippen molar-refractivity contribution in [3.63, 3.8) is 0 Å². The van der Waals surface area contributed by atoms with Gasteiger partial charge in [-0.15, -0.1) is 0 Å². The van der Waals surface area contributed by atoms with Gasteiger partial charge in [0.2, 0.25) is 11.9 Å². The highest BCUT2D eigenvalue weighted by Gasteiger charge is 2.25. The van der Waals surface area contributed by atoms with E-state index in [4.69, 9.17) is 14.9 Å². The molecule has 0 aliphatic heterocycles. The lowest BCUT2D eigenvalue weighted by atomic mass is 10.1. The molecule has 2 N–H and O–H groups in total. The van der Waals surface area contributed by atoms with Crippen LogP contribution in [0.1, 0.15) is 22.2 Å². The summed E-state index contributed by atoms with van der Waals surface area (Å²) in [6.45, 7) is 0. The number of para-hydroxylation sites is 1. The Kier molecular flexibility index (Phi) is 3.62. The van der Waals surface area contributed by atoms with E-state index in [2.05, 4.69) is 0 Å². The van der Waals surface area contributed by atoms with Crippen LogP contribution in [0.2, 0.25) is 0 Å². The van der Waals surface area contributed by atoms with E-state index in [0.717, 1.165) is 5.39 Å². The molecular formula is C17H13NO4. The second kappa shape index (κ2) is 5.73. The van der Waals surface area contributed by atoms with Crippen LogP contribution >= 0.6 is 0 Å². The molecule has 0 aliphatic rings. The van der Waals surface area contributed by atoms with Gasteiger partial charge in [0, 0.05) is 10.9 Å². The fourth-order valence-corrected chi connectivity index (χ4v) is 2.17. The zero-order chi connectivity index (χ0) is 15.5. The number of carbonyl (C=O) groups excluding carboxylic acids is 2. The van der Waals surface area contributed by atoms with Crippen LogP contribution in [-0.2, 0) is 9.53 Å². The number of esters is 1. The van der Waals surface area contributed by atoms with Crippen molar-refractivity contribution in [2.75, 3.05) is 0 Å². The number of hydrogen-bond acceptors (Lipinski definition) is 4. The van der Waals surface area contributed by atoms with E-state index in [0.29, 0.717) is 11.1 Å². The molecule has 1 amide bonds. The number of nitrogens with two attached hydrogens (primary N) is 1. The number of amides is 1. The normalized spacial score (nSPS) is 12.0. The highest BCUT2D eigenvalue weighted by atomic mass is 16.6. The number of carbonyl (C=O) groups is 2. The molecule has 3 aromatic rings. The Morgan fingerprint density at radius 2 is 1.68 bits per heavy atom. The fourth-order valence-electron chi connectivity index (χ4n) is 2.17. The van der Waals surface area contributed by atoms with E-state index in [-0.39, 0.29) is 5.76 Å². The second-order valence-electron chi connectivity index (χ2n) is 4.75. The Balaban J connectivity index is 1.86. The Morgan fingerprint density at radius 1 is 1.00 bits per heavy atom.